The molecule has 0 amide bonds. The molecule has 0 radical (unpaired) electrons. The summed E-state index contributed by atoms with van der Waals surface area (Å²) >= 11 is 0. The molecule has 0 aromatic heterocycles. The zero-order valence-electron chi connectivity index (χ0n) is 9.75. The van der Waals surface area contributed by atoms with Crippen LogP contribution < -0.4 is 5.73 Å². The number of benzene rings is 1. The van der Waals surface area contributed by atoms with Crippen molar-refractivity contribution in [3.8, 4) is 0 Å². The van der Waals surface area contributed by atoms with E-state index in [1.807, 2.05) is 0 Å². The smallest absolute Gasteiger partial charge is 0.200 e. The van der Waals surface area contributed by atoms with Gasteiger partial charge in [-0.05, 0) is 23.8 Å². The molecule has 5 nitrogen and oxygen atoms in total. The van der Waals surface area contributed by atoms with E-state index in [0.717, 1.165) is 5.41 Å². The van der Waals surface area contributed by atoms with Gasteiger partial charge in [-0.2, -0.15) is 0 Å². The first kappa shape index (κ1) is 13.1. The van der Waals surface area contributed by atoms with Crippen molar-refractivity contribution in [2.75, 3.05) is 17.2 Å². The van der Waals surface area contributed by atoms with Crippen molar-refractivity contribution < 1.29 is 16.8 Å². The molecule has 18 heavy (non-hydrogen) atoms. The Labute approximate surface area is 106 Å². The second-order valence-electron chi connectivity index (χ2n) is 4.12. The van der Waals surface area contributed by atoms with Crippen molar-refractivity contribution in [3.63, 3.8) is 0 Å². The van der Waals surface area contributed by atoms with Gasteiger partial charge in [0, 0.05) is 22.4 Å². The van der Waals surface area contributed by atoms with Crippen LogP contribution in [-0.4, -0.2) is 28.3 Å². The lowest BCUT2D eigenvalue weighted by Crippen LogP contribution is -2.09. The van der Waals surface area contributed by atoms with Crippen LogP contribution in [0.25, 0.3) is 5.57 Å². The molecule has 1 aromatic rings. The molecule has 98 valence electrons. The fourth-order valence-electron chi connectivity index (χ4n) is 1.81. The molecule has 0 aliphatic carbocycles. The van der Waals surface area contributed by atoms with Crippen molar-refractivity contribution in [1.29, 1.82) is 0 Å². The Kier molecular flexibility index (Phi) is 2.98. The molecule has 1 aliphatic heterocycles. The van der Waals surface area contributed by atoms with Gasteiger partial charge in [-0.25, -0.2) is 16.8 Å². The molecule has 0 saturated carbocycles. The number of nitrogens with two attached hydrogens (primary N) is 1. The van der Waals surface area contributed by atoms with Crippen LogP contribution in [0.3, 0.4) is 0 Å². The predicted octanol–water partition coefficient (Wildman–Crippen LogP) is 0.832. The van der Waals surface area contributed by atoms with Crippen molar-refractivity contribution in [2.24, 2.45) is 0 Å². The quantitative estimate of drug-likeness (QED) is 0.831. The van der Waals surface area contributed by atoms with E-state index in [1.54, 1.807) is 0 Å². The van der Waals surface area contributed by atoms with Crippen LogP contribution >= 0.6 is 0 Å². The van der Waals surface area contributed by atoms with Crippen LogP contribution in [-0.2, 0) is 19.7 Å². The maximum atomic E-state index is 11.8. The summed E-state index contributed by atoms with van der Waals surface area (Å²) in [5, 5.41) is 1.02. The molecule has 1 heterocycles. The first-order chi connectivity index (χ1) is 8.25. The van der Waals surface area contributed by atoms with Gasteiger partial charge >= 0.3 is 0 Å². The largest absolute Gasteiger partial charge is 0.399 e. The molecule has 0 bridgehead atoms. The SMILES string of the molecule is CCS(=O)(=O)CC1=CS(=O)(=O)c2ccc(N)cc21. The van der Waals surface area contributed by atoms with Gasteiger partial charge in [-0.3, -0.25) is 0 Å². The van der Waals surface area contributed by atoms with E-state index < -0.39 is 19.7 Å². The third-order valence-electron chi connectivity index (χ3n) is 2.77. The monoisotopic (exact) mass is 287 g/mol. The standard InChI is InChI=1S/C11H13NO4S2/c1-2-17(13,14)6-8-7-18(15,16)11-4-3-9(12)5-10(8)11/h3-5,7H,2,6,12H2,1H3. The minimum absolute atomic E-state index is 0.0258. The first-order valence-corrected chi connectivity index (χ1v) is 8.68. The van der Waals surface area contributed by atoms with E-state index in [2.05, 4.69) is 0 Å². The third kappa shape index (κ3) is 2.28. The highest BCUT2D eigenvalue weighted by Gasteiger charge is 2.29. The highest BCUT2D eigenvalue weighted by molar-refractivity contribution is 7.95. The molecule has 0 saturated heterocycles. The Morgan fingerprint density at radius 3 is 2.56 bits per heavy atom. The number of sulfone groups is 2. The van der Waals surface area contributed by atoms with Crippen LogP contribution in [0.4, 0.5) is 5.69 Å². The van der Waals surface area contributed by atoms with Gasteiger partial charge in [0.2, 0.25) is 9.84 Å². The summed E-state index contributed by atoms with van der Waals surface area (Å²) in [5.74, 6) is -0.304. The molecule has 2 rings (SSSR count). The van der Waals surface area contributed by atoms with Gasteiger partial charge < -0.3 is 5.73 Å². The molecule has 0 spiro atoms. The Morgan fingerprint density at radius 2 is 1.94 bits per heavy atom. The molecular weight excluding hydrogens is 274 g/mol. The molecule has 0 unspecified atom stereocenters. The van der Waals surface area contributed by atoms with E-state index in [1.165, 1.54) is 25.1 Å². The van der Waals surface area contributed by atoms with E-state index in [-0.39, 0.29) is 16.4 Å². The van der Waals surface area contributed by atoms with Crippen LogP contribution in [0.5, 0.6) is 0 Å². The number of nitrogen functional groups attached to an aromatic ring is 1. The van der Waals surface area contributed by atoms with E-state index >= 15 is 0 Å². The lowest BCUT2D eigenvalue weighted by molar-refractivity contribution is 0.600. The van der Waals surface area contributed by atoms with Gasteiger partial charge in [-0.1, -0.05) is 6.92 Å². The first-order valence-electron chi connectivity index (χ1n) is 5.31. The van der Waals surface area contributed by atoms with Gasteiger partial charge in [0.25, 0.3) is 0 Å². The summed E-state index contributed by atoms with van der Waals surface area (Å²) < 4.78 is 46.9. The molecule has 0 atom stereocenters. The number of fused-ring (bicyclic) bond motifs is 1. The number of rotatable bonds is 3. The van der Waals surface area contributed by atoms with Crippen molar-refractivity contribution in [1.82, 2.24) is 0 Å². The van der Waals surface area contributed by atoms with Gasteiger partial charge in [-0.15, -0.1) is 0 Å². The maximum absolute atomic E-state index is 11.8. The Hall–Kier alpha value is -1.34. The second-order valence-corrected chi connectivity index (χ2v) is 8.24. The van der Waals surface area contributed by atoms with Gasteiger partial charge in [0.1, 0.15) is 0 Å². The van der Waals surface area contributed by atoms with Crippen LogP contribution in [0, 0.1) is 0 Å². The predicted molar refractivity (Wildman–Crippen MR) is 70.3 cm³/mol. The zero-order valence-corrected chi connectivity index (χ0v) is 11.4. The fourth-order valence-corrected chi connectivity index (χ4v) is 4.30. The fraction of sp³-hybridized carbons (Fsp3) is 0.273. The lowest BCUT2D eigenvalue weighted by atomic mass is 10.1. The molecular formula is C11H13NO4S2. The van der Waals surface area contributed by atoms with E-state index in [9.17, 15) is 16.8 Å². The highest BCUT2D eigenvalue weighted by atomic mass is 32.2. The third-order valence-corrected chi connectivity index (χ3v) is 5.96. The summed E-state index contributed by atoms with van der Waals surface area (Å²) in [6.07, 6.45) is 0. The normalized spacial score (nSPS) is 17.3. The van der Waals surface area contributed by atoms with Crippen LogP contribution in [0.2, 0.25) is 0 Å². The van der Waals surface area contributed by atoms with Gasteiger partial charge in [0.05, 0.1) is 10.6 Å². The average molecular weight is 287 g/mol. The topological polar surface area (TPSA) is 94.3 Å². The molecule has 2 N–H and O–H groups in total. The minimum Gasteiger partial charge on any atom is -0.399 e. The van der Waals surface area contributed by atoms with Crippen LogP contribution in [0.1, 0.15) is 12.5 Å². The lowest BCUT2D eigenvalue weighted by Gasteiger charge is -2.05. The number of hydrogen-bond acceptors (Lipinski definition) is 5. The van der Waals surface area contributed by atoms with Crippen molar-refractivity contribution >= 4 is 30.9 Å². The van der Waals surface area contributed by atoms with Crippen molar-refractivity contribution in [2.45, 2.75) is 11.8 Å². The zero-order chi connectivity index (χ0) is 13.6. The Balaban J connectivity index is 2.57. The summed E-state index contributed by atoms with van der Waals surface area (Å²) in [6, 6.07) is 4.39. The molecule has 0 fully saturated rings. The molecule has 1 aliphatic rings. The second kappa shape index (κ2) is 4.10. The number of hydrogen-bond donors (Lipinski definition) is 1. The minimum atomic E-state index is -3.53. The molecule has 7 heteroatoms. The maximum Gasteiger partial charge on any atom is 0.200 e. The van der Waals surface area contributed by atoms with Gasteiger partial charge in [0.15, 0.2) is 9.84 Å². The summed E-state index contributed by atoms with van der Waals surface area (Å²) in [6.45, 7) is 1.53. The summed E-state index contributed by atoms with van der Waals surface area (Å²) in [7, 11) is -6.82. The summed E-state index contributed by atoms with van der Waals surface area (Å²) in [5.41, 5.74) is 6.70. The number of anilines is 1. The Morgan fingerprint density at radius 1 is 1.28 bits per heavy atom. The Bertz CT molecular complexity index is 730. The van der Waals surface area contributed by atoms with Crippen LogP contribution in [0.15, 0.2) is 28.5 Å². The van der Waals surface area contributed by atoms with E-state index in [0.29, 0.717) is 16.8 Å². The molecule has 1 aromatic carbocycles. The highest BCUT2D eigenvalue weighted by Crippen LogP contribution is 2.35. The van der Waals surface area contributed by atoms with E-state index in [4.69, 9.17) is 5.73 Å². The average Bonchev–Trinajstić information content (AvgIpc) is 2.49. The van der Waals surface area contributed by atoms with Crippen molar-refractivity contribution in [3.05, 3.63) is 29.2 Å². The summed E-state index contributed by atoms with van der Waals surface area (Å²) in [4.78, 5) is 0.123.